The number of carbonyl (C=O) groups excluding carboxylic acids is 1. The monoisotopic (exact) mass is 283 g/mol. The maximum Gasteiger partial charge on any atom is 0.272 e. The standard InChI is InChI=1S/C12H14FN3O4/c13-11-5-8(16(18)19)1-2-10(11)12(17)15-7-9-6-14-3-4-20-9/h1-2,5,9,14H,3-4,6-7H2,(H,15,17). The van der Waals surface area contributed by atoms with Crippen molar-refractivity contribution in [2.75, 3.05) is 26.2 Å². The number of carbonyl (C=O) groups is 1. The first kappa shape index (κ1) is 14.4. The molecule has 1 amide bonds. The van der Waals surface area contributed by atoms with Crippen LogP contribution in [-0.2, 0) is 4.74 Å². The lowest BCUT2D eigenvalue weighted by Gasteiger charge is -2.23. The highest BCUT2D eigenvalue weighted by atomic mass is 19.1. The maximum absolute atomic E-state index is 13.6. The van der Waals surface area contributed by atoms with Crippen molar-refractivity contribution >= 4 is 11.6 Å². The summed E-state index contributed by atoms with van der Waals surface area (Å²) in [7, 11) is 0. The molecule has 1 heterocycles. The van der Waals surface area contributed by atoms with E-state index in [-0.39, 0.29) is 23.9 Å². The topological polar surface area (TPSA) is 93.5 Å². The molecule has 0 saturated carbocycles. The molecule has 1 fully saturated rings. The van der Waals surface area contributed by atoms with Gasteiger partial charge in [-0.15, -0.1) is 0 Å². The Hall–Kier alpha value is -2.06. The fraction of sp³-hybridized carbons (Fsp3) is 0.417. The summed E-state index contributed by atoms with van der Waals surface area (Å²) in [4.78, 5) is 21.6. The van der Waals surface area contributed by atoms with Crippen LogP contribution in [0.3, 0.4) is 0 Å². The smallest absolute Gasteiger partial charge is 0.272 e. The number of hydrogen-bond acceptors (Lipinski definition) is 5. The predicted molar refractivity (Wildman–Crippen MR) is 68.0 cm³/mol. The highest BCUT2D eigenvalue weighted by Crippen LogP contribution is 2.16. The lowest BCUT2D eigenvalue weighted by Crippen LogP contribution is -2.45. The van der Waals surface area contributed by atoms with E-state index in [4.69, 9.17) is 4.74 Å². The normalized spacial score (nSPS) is 18.6. The molecule has 7 nitrogen and oxygen atoms in total. The maximum atomic E-state index is 13.6. The van der Waals surface area contributed by atoms with Crippen LogP contribution in [0.2, 0.25) is 0 Å². The second-order valence-electron chi connectivity index (χ2n) is 4.33. The summed E-state index contributed by atoms with van der Waals surface area (Å²) in [5, 5.41) is 16.1. The number of hydrogen-bond donors (Lipinski definition) is 2. The van der Waals surface area contributed by atoms with Gasteiger partial charge >= 0.3 is 0 Å². The van der Waals surface area contributed by atoms with Crippen LogP contribution in [-0.4, -0.2) is 43.2 Å². The molecule has 1 saturated heterocycles. The number of benzene rings is 1. The number of non-ortho nitro benzene ring substituents is 1. The Morgan fingerprint density at radius 2 is 2.40 bits per heavy atom. The van der Waals surface area contributed by atoms with Gasteiger partial charge in [0.1, 0.15) is 5.82 Å². The quantitative estimate of drug-likeness (QED) is 0.618. The van der Waals surface area contributed by atoms with Crippen LogP contribution in [0.1, 0.15) is 10.4 Å². The van der Waals surface area contributed by atoms with Gasteiger partial charge in [-0.3, -0.25) is 14.9 Å². The molecule has 1 unspecified atom stereocenters. The van der Waals surface area contributed by atoms with Crippen LogP contribution in [0.4, 0.5) is 10.1 Å². The van der Waals surface area contributed by atoms with Crippen molar-refractivity contribution in [2.45, 2.75) is 6.10 Å². The van der Waals surface area contributed by atoms with Crippen molar-refractivity contribution in [1.29, 1.82) is 0 Å². The van der Waals surface area contributed by atoms with Gasteiger partial charge in [-0.05, 0) is 6.07 Å². The lowest BCUT2D eigenvalue weighted by atomic mass is 10.1. The Kier molecular flexibility index (Phi) is 4.59. The van der Waals surface area contributed by atoms with E-state index in [2.05, 4.69) is 10.6 Å². The molecular weight excluding hydrogens is 269 g/mol. The second-order valence-corrected chi connectivity index (χ2v) is 4.33. The number of ether oxygens (including phenoxy) is 1. The molecule has 20 heavy (non-hydrogen) atoms. The van der Waals surface area contributed by atoms with E-state index < -0.39 is 16.6 Å². The van der Waals surface area contributed by atoms with E-state index >= 15 is 0 Å². The Bertz CT molecular complexity index is 517. The molecule has 1 aromatic rings. The fourth-order valence-electron chi connectivity index (χ4n) is 1.85. The van der Waals surface area contributed by atoms with Crippen molar-refractivity contribution in [3.8, 4) is 0 Å². The van der Waals surface area contributed by atoms with E-state index in [1.54, 1.807) is 0 Å². The Labute approximate surface area is 114 Å². The molecular formula is C12H14FN3O4. The SMILES string of the molecule is O=C(NCC1CNCCO1)c1ccc([N+](=O)[O-])cc1F. The summed E-state index contributed by atoms with van der Waals surface area (Å²) >= 11 is 0. The van der Waals surface area contributed by atoms with E-state index in [1.807, 2.05) is 0 Å². The van der Waals surface area contributed by atoms with E-state index in [1.165, 1.54) is 0 Å². The predicted octanol–water partition coefficient (Wildman–Crippen LogP) is 0.452. The summed E-state index contributed by atoms with van der Waals surface area (Å²) in [6, 6.07) is 2.92. The minimum absolute atomic E-state index is 0.159. The Balaban J connectivity index is 1.96. The highest BCUT2D eigenvalue weighted by molar-refractivity contribution is 5.94. The summed E-state index contributed by atoms with van der Waals surface area (Å²) in [5.41, 5.74) is -0.613. The fourth-order valence-corrected chi connectivity index (χ4v) is 1.85. The molecule has 0 aliphatic carbocycles. The average Bonchev–Trinajstić information content (AvgIpc) is 2.45. The average molecular weight is 283 g/mol. The molecule has 8 heteroatoms. The Morgan fingerprint density at radius 1 is 1.60 bits per heavy atom. The number of nitro groups is 1. The number of rotatable bonds is 4. The minimum Gasteiger partial charge on any atom is -0.374 e. The van der Waals surface area contributed by atoms with Gasteiger partial charge in [-0.25, -0.2) is 4.39 Å². The van der Waals surface area contributed by atoms with Crippen LogP contribution in [0, 0.1) is 15.9 Å². The van der Waals surface area contributed by atoms with Crippen LogP contribution < -0.4 is 10.6 Å². The molecule has 0 bridgehead atoms. The number of nitro benzene ring substituents is 1. The zero-order chi connectivity index (χ0) is 14.5. The molecule has 0 radical (unpaired) electrons. The third-order valence-electron chi connectivity index (χ3n) is 2.90. The highest BCUT2D eigenvalue weighted by Gasteiger charge is 2.18. The third kappa shape index (κ3) is 3.49. The van der Waals surface area contributed by atoms with Gasteiger partial charge in [-0.2, -0.15) is 0 Å². The molecule has 108 valence electrons. The number of nitrogens with zero attached hydrogens (tertiary/aromatic N) is 1. The van der Waals surface area contributed by atoms with Gasteiger partial charge in [0.25, 0.3) is 11.6 Å². The first-order valence-corrected chi connectivity index (χ1v) is 6.12. The van der Waals surface area contributed by atoms with Crippen molar-refractivity contribution in [2.24, 2.45) is 0 Å². The Morgan fingerprint density at radius 3 is 3.00 bits per heavy atom. The molecule has 0 spiro atoms. The summed E-state index contributed by atoms with van der Waals surface area (Å²) in [6.07, 6.45) is -0.159. The number of nitrogens with one attached hydrogen (secondary N) is 2. The molecule has 1 atom stereocenters. The van der Waals surface area contributed by atoms with Gasteiger partial charge in [-0.1, -0.05) is 0 Å². The van der Waals surface area contributed by atoms with Crippen molar-refractivity contribution in [3.63, 3.8) is 0 Å². The molecule has 1 aliphatic heterocycles. The number of amides is 1. The summed E-state index contributed by atoms with van der Waals surface area (Å²) < 4.78 is 19.0. The van der Waals surface area contributed by atoms with E-state index in [0.717, 1.165) is 24.7 Å². The van der Waals surface area contributed by atoms with Crippen LogP contribution >= 0.6 is 0 Å². The zero-order valence-corrected chi connectivity index (χ0v) is 10.6. The first-order chi connectivity index (χ1) is 9.58. The van der Waals surface area contributed by atoms with Crippen molar-refractivity contribution < 1.29 is 18.8 Å². The van der Waals surface area contributed by atoms with Gasteiger partial charge in [0.2, 0.25) is 0 Å². The van der Waals surface area contributed by atoms with Crippen molar-refractivity contribution in [1.82, 2.24) is 10.6 Å². The molecule has 1 aromatic carbocycles. The van der Waals surface area contributed by atoms with Gasteiger partial charge in [0.15, 0.2) is 0 Å². The van der Waals surface area contributed by atoms with Gasteiger partial charge in [0, 0.05) is 25.7 Å². The van der Waals surface area contributed by atoms with E-state index in [0.29, 0.717) is 13.2 Å². The van der Waals surface area contributed by atoms with Crippen LogP contribution in [0.15, 0.2) is 18.2 Å². The molecule has 2 rings (SSSR count). The van der Waals surface area contributed by atoms with Gasteiger partial charge < -0.3 is 15.4 Å². The number of halogens is 1. The van der Waals surface area contributed by atoms with Crippen LogP contribution in [0.25, 0.3) is 0 Å². The second kappa shape index (κ2) is 6.40. The lowest BCUT2D eigenvalue weighted by molar-refractivity contribution is -0.385. The number of morpholine rings is 1. The zero-order valence-electron chi connectivity index (χ0n) is 10.6. The minimum atomic E-state index is -0.917. The third-order valence-corrected chi connectivity index (χ3v) is 2.90. The van der Waals surface area contributed by atoms with Crippen LogP contribution in [0.5, 0.6) is 0 Å². The first-order valence-electron chi connectivity index (χ1n) is 6.12. The molecule has 1 aliphatic rings. The van der Waals surface area contributed by atoms with Gasteiger partial charge in [0.05, 0.1) is 29.3 Å². The summed E-state index contributed by atoms with van der Waals surface area (Å²) in [5.74, 6) is -1.54. The molecule has 0 aromatic heterocycles. The largest absolute Gasteiger partial charge is 0.374 e. The molecule has 2 N–H and O–H groups in total. The van der Waals surface area contributed by atoms with Crippen molar-refractivity contribution in [3.05, 3.63) is 39.7 Å². The summed E-state index contributed by atoms with van der Waals surface area (Å²) in [6.45, 7) is 2.19. The van der Waals surface area contributed by atoms with E-state index in [9.17, 15) is 19.3 Å².